The molecule has 1 aliphatic rings. The third-order valence-corrected chi connectivity index (χ3v) is 3.06. The Balaban J connectivity index is 1.99. The van der Waals surface area contributed by atoms with Crippen molar-refractivity contribution in [3.05, 3.63) is 22.7 Å². The third-order valence-electron chi connectivity index (χ3n) is 2.44. The van der Waals surface area contributed by atoms with Crippen LogP contribution in [-0.4, -0.2) is 13.7 Å². The smallest absolute Gasteiger partial charge is 0.133 e. The Morgan fingerprint density at radius 2 is 2.29 bits per heavy atom. The molecule has 1 aromatic carbocycles. The average Bonchev–Trinajstić information content (AvgIpc) is 2.98. The first-order valence-electron chi connectivity index (χ1n) is 4.87. The van der Waals surface area contributed by atoms with E-state index >= 15 is 0 Å². The second-order valence-electron chi connectivity index (χ2n) is 3.67. The summed E-state index contributed by atoms with van der Waals surface area (Å²) in [6, 6.07) is 6.08. The molecular weight excluding hydrogens is 242 g/mol. The van der Waals surface area contributed by atoms with E-state index in [2.05, 4.69) is 27.3 Å². The van der Waals surface area contributed by atoms with Gasteiger partial charge >= 0.3 is 0 Å². The minimum atomic E-state index is 0.877. The summed E-state index contributed by atoms with van der Waals surface area (Å²) in [7, 11) is 1.68. The summed E-state index contributed by atoms with van der Waals surface area (Å²) in [5.74, 6) is 1.78. The number of benzene rings is 1. The number of hydrogen-bond acceptors (Lipinski definition) is 2. The van der Waals surface area contributed by atoms with Gasteiger partial charge in [0.15, 0.2) is 0 Å². The van der Waals surface area contributed by atoms with E-state index in [-0.39, 0.29) is 0 Å². The standard InChI is InChI=1S/C11H14BrNO/c1-14-11-5-4-9(6-10(11)12)13-7-8-2-3-8/h4-6,8,13H,2-3,7H2,1H3. The van der Waals surface area contributed by atoms with E-state index in [1.807, 2.05) is 12.1 Å². The highest BCUT2D eigenvalue weighted by molar-refractivity contribution is 9.10. The molecule has 0 heterocycles. The van der Waals surface area contributed by atoms with E-state index in [1.54, 1.807) is 7.11 Å². The van der Waals surface area contributed by atoms with Gasteiger partial charge in [0.05, 0.1) is 11.6 Å². The predicted octanol–water partition coefficient (Wildman–Crippen LogP) is 3.28. The van der Waals surface area contributed by atoms with E-state index in [4.69, 9.17) is 4.74 Å². The van der Waals surface area contributed by atoms with Gasteiger partial charge in [-0.15, -0.1) is 0 Å². The van der Waals surface area contributed by atoms with Crippen molar-refractivity contribution in [1.29, 1.82) is 0 Å². The SMILES string of the molecule is COc1ccc(NCC2CC2)cc1Br. The zero-order valence-electron chi connectivity index (χ0n) is 8.22. The van der Waals surface area contributed by atoms with E-state index in [0.29, 0.717) is 0 Å². The van der Waals surface area contributed by atoms with Crippen LogP contribution in [0.25, 0.3) is 0 Å². The van der Waals surface area contributed by atoms with Crippen LogP contribution in [0, 0.1) is 5.92 Å². The zero-order valence-corrected chi connectivity index (χ0v) is 9.80. The van der Waals surface area contributed by atoms with Crippen molar-refractivity contribution in [3.8, 4) is 5.75 Å². The fourth-order valence-electron chi connectivity index (χ4n) is 1.36. The Hall–Kier alpha value is -0.700. The van der Waals surface area contributed by atoms with E-state index in [0.717, 1.165) is 28.4 Å². The van der Waals surface area contributed by atoms with Crippen LogP contribution in [-0.2, 0) is 0 Å². The number of halogens is 1. The quantitative estimate of drug-likeness (QED) is 0.892. The maximum atomic E-state index is 5.16. The molecule has 1 saturated carbocycles. The monoisotopic (exact) mass is 255 g/mol. The van der Waals surface area contributed by atoms with Crippen LogP contribution < -0.4 is 10.1 Å². The van der Waals surface area contributed by atoms with Gasteiger partial charge in [0.25, 0.3) is 0 Å². The number of nitrogens with one attached hydrogen (secondary N) is 1. The molecule has 0 unspecified atom stereocenters. The summed E-state index contributed by atoms with van der Waals surface area (Å²) < 4.78 is 6.16. The highest BCUT2D eigenvalue weighted by Gasteiger charge is 2.20. The molecule has 0 spiro atoms. The zero-order chi connectivity index (χ0) is 9.97. The molecule has 1 aliphatic carbocycles. The van der Waals surface area contributed by atoms with Crippen LogP contribution >= 0.6 is 15.9 Å². The van der Waals surface area contributed by atoms with Gasteiger partial charge in [-0.05, 0) is 52.9 Å². The normalized spacial score (nSPS) is 15.3. The van der Waals surface area contributed by atoms with Crippen molar-refractivity contribution in [2.24, 2.45) is 5.92 Å². The lowest BCUT2D eigenvalue weighted by molar-refractivity contribution is 0.412. The second-order valence-corrected chi connectivity index (χ2v) is 4.53. The summed E-state index contributed by atoms with van der Waals surface area (Å²) >= 11 is 3.46. The van der Waals surface area contributed by atoms with Gasteiger partial charge in [-0.2, -0.15) is 0 Å². The van der Waals surface area contributed by atoms with Crippen LogP contribution in [0.4, 0.5) is 5.69 Å². The van der Waals surface area contributed by atoms with Gasteiger partial charge in [0.1, 0.15) is 5.75 Å². The maximum absolute atomic E-state index is 5.16. The first-order valence-corrected chi connectivity index (χ1v) is 5.66. The van der Waals surface area contributed by atoms with Crippen LogP contribution in [0.5, 0.6) is 5.75 Å². The Morgan fingerprint density at radius 3 is 2.86 bits per heavy atom. The molecule has 2 rings (SSSR count). The van der Waals surface area contributed by atoms with Crippen LogP contribution in [0.15, 0.2) is 22.7 Å². The lowest BCUT2D eigenvalue weighted by Gasteiger charge is -2.08. The number of hydrogen-bond donors (Lipinski definition) is 1. The Labute approximate surface area is 92.8 Å². The van der Waals surface area contributed by atoms with Crippen molar-refractivity contribution in [2.45, 2.75) is 12.8 Å². The van der Waals surface area contributed by atoms with Gasteiger partial charge in [0, 0.05) is 12.2 Å². The number of methoxy groups -OCH3 is 1. The van der Waals surface area contributed by atoms with Gasteiger partial charge in [-0.1, -0.05) is 0 Å². The van der Waals surface area contributed by atoms with Crippen molar-refractivity contribution < 1.29 is 4.74 Å². The summed E-state index contributed by atoms with van der Waals surface area (Å²) in [4.78, 5) is 0. The minimum Gasteiger partial charge on any atom is -0.496 e. The van der Waals surface area contributed by atoms with Crippen LogP contribution in [0.1, 0.15) is 12.8 Å². The Bertz CT molecular complexity index is 323. The second kappa shape index (κ2) is 4.22. The summed E-state index contributed by atoms with van der Waals surface area (Å²) in [5.41, 5.74) is 1.16. The molecule has 0 radical (unpaired) electrons. The summed E-state index contributed by atoms with van der Waals surface area (Å²) in [5, 5.41) is 3.41. The molecule has 0 saturated heterocycles. The predicted molar refractivity (Wildman–Crippen MR) is 61.9 cm³/mol. The van der Waals surface area contributed by atoms with Crippen molar-refractivity contribution in [2.75, 3.05) is 19.0 Å². The molecule has 0 aromatic heterocycles. The molecule has 2 nitrogen and oxygen atoms in total. The van der Waals surface area contributed by atoms with E-state index in [1.165, 1.54) is 12.8 Å². The first-order chi connectivity index (χ1) is 6.79. The molecule has 14 heavy (non-hydrogen) atoms. The molecule has 0 bridgehead atoms. The third kappa shape index (κ3) is 2.41. The highest BCUT2D eigenvalue weighted by atomic mass is 79.9. The molecule has 76 valence electrons. The van der Waals surface area contributed by atoms with Gasteiger partial charge in [-0.3, -0.25) is 0 Å². The highest BCUT2D eigenvalue weighted by Crippen LogP contribution is 2.31. The molecule has 0 amide bonds. The first kappa shape index (κ1) is 9.84. The fraction of sp³-hybridized carbons (Fsp3) is 0.455. The van der Waals surface area contributed by atoms with Crippen molar-refractivity contribution in [3.63, 3.8) is 0 Å². The Morgan fingerprint density at radius 1 is 1.50 bits per heavy atom. The maximum Gasteiger partial charge on any atom is 0.133 e. The van der Waals surface area contributed by atoms with Crippen LogP contribution in [0.2, 0.25) is 0 Å². The molecule has 0 atom stereocenters. The van der Waals surface area contributed by atoms with E-state index in [9.17, 15) is 0 Å². The topological polar surface area (TPSA) is 21.3 Å². The minimum absolute atomic E-state index is 0.877. The lowest BCUT2D eigenvalue weighted by Crippen LogP contribution is -2.02. The van der Waals surface area contributed by atoms with Crippen LogP contribution in [0.3, 0.4) is 0 Å². The van der Waals surface area contributed by atoms with Crippen molar-refractivity contribution >= 4 is 21.6 Å². The van der Waals surface area contributed by atoms with Gasteiger partial charge in [-0.25, -0.2) is 0 Å². The van der Waals surface area contributed by atoms with E-state index < -0.39 is 0 Å². The lowest BCUT2D eigenvalue weighted by atomic mass is 10.3. The number of anilines is 1. The van der Waals surface area contributed by atoms with Crippen molar-refractivity contribution in [1.82, 2.24) is 0 Å². The average molecular weight is 256 g/mol. The molecule has 3 heteroatoms. The summed E-state index contributed by atoms with van der Waals surface area (Å²) in [6.45, 7) is 1.10. The molecule has 1 aromatic rings. The largest absolute Gasteiger partial charge is 0.496 e. The fourth-order valence-corrected chi connectivity index (χ4v) is 1.90. The molecule has 1 N–H and O–H groups in total. The van der Waals surface area contributed by atoms with Gasteiger partial charge < -0.3 is 10.1 Å². The Kier molecular flexibility index (Phi) is 2.96. The number of rotatable bonds is 4. The molecule has 1 fully saturated rings. The van der Waals surface area contributed by atoms with Gasteiger partial charge in [0.2, 0.25) is 0 Å². The number of ether oxygens (including phenoxy) is 1. The summed E-state index contributed by atoms with van der Waals surface area (Å²) in [6.07, 6.45) is 2.76. The molecular formula is C11H14BrNO. The molecule has 0 aliphatic heterocycles.